The van der Waals surface area contributed by atoms with E-state index in [1.165, 1.54) is 0 Å². The molecule has 0 unspecified atom stereocenters. The monoisotopic (exact) mass is 274 g/mol. The number of hydrogen-bond acceptors (Lipinski definition) is 5. The molecular weight excluding hydrogens is 252 g/mol. The number of fused-ring (bicyclic) bond motifs is 1. The number of anilines is 1. The van der Waals surface area contributed by atoms with Crippen LogP contribution in [0.4, 0.5) is 5.82 Å². The molecule has 5 nitrogen and oxygen atoms in total. The largest absolute Gasteiger partial charge is 0.415 e. The highest BCUT2D eigenvalue weighted by Gasteiger charge is 2.16. The van der Waals surface area contributed by atoms with E-state index in [-0.39, 0.29) is 11.1 Å². The Morgan fingerprint density at radius 3 is 2.45 bits per heavy atom. The average molecular weight is 274 g/mol. The summed E-state index contributed by atoms with van der Waals surface area (Å²) in [7, 11) is 0. The maximum atomic E-state index is 5.81. The van der Waals surface area contributed by atoms with Crippen LogP contribution >= 0.6 is 0 Å². The maximum absolute atomic E-state index is 5.81. The molecule has 0 radical (unpaired) electrons. The fraction of sp³-hybridized carbons (Fsp3) is 0.533. The van der Waals surface area contributed by atoms with Crippen molar-refractivity contribution >= 4 is 17.0 Å². The van der Waals surface area contributed by atoms with Gasteiger partial charge in [-0.3, -0.25) is 0 Å². The van der Waals surface area contributed by atoms with Gasteiger partial charge in [0, 0.05) is 11.7 Å². The van der Waals surface area contributed by atoms with E-state index in [0.29, 0.717) is 22.6 Å². The summed E-state index contributed by atoms with van der Waals surface area (Å²) in [5, 5.41) is 3.34. The lowest BCUT2D eigenvalue weighted by atomic mass is 10.1. The van der Waals surface area contributed by atoms with E-state index < -0.39 is 0 Å². The first-order chi connectivity index (χ1) is 9.14. The van der Waals surface area contributed by atoms with Gasteiger partial charge in [-0.2, -0.15) is 0 Å². The molecule has 0 amide bonds. The van der Waals surface area contributed by atoms with Gasteiger partial charge in [0.05, 0.1) is 5.54 Å². The van der Waals surface area contributed by atoms with Gasteiger partial charge < -0.3 is 9.73 Å². The molecule has 2 aromatic rings. The molecule has 0 aromatic carbocycles. The maximum Gasteiger partial charge on any atom is 0.260 e. The Kier molecular flexibility index (Phi) is 3.54. The SMILES string of the molecule is CC(C)(C)N=c1oc2ncccc2nc1NC(C)(C)C. The second-order valence-electron chi connectivity index (χ2n) is 6.85. The Hall–Kier alpha value is -1.91. The lowest BCUT2D eigenvalue weighted by molar-refractivity contribution is 0.467. The molecule has 108 valence electrons. The average Bonchev–Trinajstić information content (AvgIpc) is 2.26. The quantitative estimate of drug-likeness (QED) is 0.867. The molecule has 0 saturated heterocycles. The molecule has 0 spiro atoms. The van der Waals surface area contributed by atoms with Crippen molar-refractivity contribution in [3.63, 3.8) is 0 Å². The third-order valence-corrected chi connectivity index (χ3v) is 2.31. The third-order valence-electron chi connectivity index (χ3n) is 2.31. The summed E-state index contributed by atoms with van der Waals surface area (Å²) >= 11 is 0. The third kappa shape index (κ3) is 3.79. The van der Waals surface area contributed by atoms with Gasteiger partial charge in [0.1, 0.15) is 5.52 Å². The van der Waals surface area contributed by atoms with Crippen LogP contribution in [0.3, 0.4) is 0 Å². The van der Waals surface area contributed by atoms with E-state index >= 15 is 0 Å². The van der Waals surface area contributed by atoms with Crippen LogP contribution in [-0.2, 0) is 0 Å². The lowest BCUT2D eigenvalue weighted by Gasteiger charge is -2.21. The predicted molar refractivity (Wildman–Crippen MR) is 80.5 cm³/mol. The summed E-state index contributed by atoms with van der Waals surface area (Å²) < 4.78 is 5.81. The first-order valence-corrected chi connectivity index (χ1v) is 6.74. The second-order valence-corrected chi connectivity index (χ2v) is 6.85. The van der Waals surface area contributed by atoms with Crippen LogP contribution in [0.1, 0.15) is 41.5 Å². The van der Waals surface area contributed by atoms with Gasteiger partial charge in [0.15, 0.2) is 5.82 Å². The molecule has 20 heavy (non-hydrogen) atoms. The number of nitrogens with one attached hydrogen (secondary N) is 1. The van der Waals surface area contributed by atoms with Crippen molar-refractivity contribution in [1.82, 2.24) is 9.97 Å². The van der Waals surface area contributed by atoms with Crippen molar-refractivity contribution in [2.45, 2.75) is 52.6 Å². The minimum Gasteiger partial charge on any atom is -0.415 e. The number of hydrogen-bond donors (Lipinski definition) is 1. The lowest BCUT2D eigenvalue weighted by Crippen LogP contribution is -2.31. The standard InChI is InChI=1S/C15H22N4O/c1-14(2,3)18-11-13(19-15(4,5)6)20-12-10(17-11)8-7-9-16-12/h7-9H,1-6H3,(H,17,18). The van der Waals surface area contributed by atoms with Crippen LogP contribution in [0, 0.1) is 0 Å². The zero-order chi connectivity index (χ0) is 15.0. The van der Waals surface area contributed by atoms with Crippen molar-refractivity contribution in [3.8, 4) is 0 Å². The van der Waals surface area contributed by atoms with E-state index in [9.17, 15) is 0 Å². The van der Waals surface area contributed by atoms with Gasteiger partial charge in [-0.05, 0) is 53.7 Å². The molecular formula is C15H22N4O. The smallest absolute Gasteiger partial charge is 0.260 e. The van der Waals surface area contributed by atoms with Crippen molar-refractivity contribution < 1.29 is 4.42 Å². The van der Waals surface area contributed by atoms with Crippen LogP contribution in [-0.4, -0.2) is 21.0 Å². The zero-order valence-corrected chi connectivity index (χ0v) is 13.0. The molecule has 2 rings (SSSR count). The highest BCUT2D eigenvalue weighted by molar-refractivity contribution is 5.68. The Morgan fingerprint density at radius 2 is 1.85 bits per heavy atom. The summed E-state index contributed by atoms with van der Waals surface area (Å²) in [6.07, 6.45) is 1.69. The number of aromatic nitrogens is 2. The first kappa shape index (κ1) is 14.5. The van der Waals surface area contributed by atoms with Crippen LogP contribution in [0.25, 0.3) is 11.2 Å². The summed E-state index contributed by atoms with van der Waals surface area (Å²) in [4.78, 5) is 13.4. The molecule has 2 heterocycles. The zero-order valence-electron chi connectivity index (χ0n) is 13.0. The molecule has 0 aliphatic heterocycles. The normalized spacial score (nSPS) is 13.8. The van der Waals surface area contributed by atoms with E-state index in [1.54, 1.807) is 6.20 Å². The second kappa shape index (κ2) is 4.89. The van der Waals surface area contributed by atoms with Crippen molar-refractivity contribution in [1.29, 1.82) is 0 Å². The molecule has 2 aromatic heterocycles. The molecule has 0 atom stereocenters. The molecule has 0 bridgehead atoms. The summed E-state index contributed by atoms with van der Waals surface area (Å²) in [5.74, 6) is 0.646. The van der Waals surface area contributed by atoms with E-state index in [0.717, 1.165) is 0 Å². The highest BCUT2D eigenvalue weighted by atomic mass is 16.3. The fourth-order valence-electron chi connectivity index (χ4n) is 1.67. The van der Waals surface area contributed by atoms with E-state index in [2.05, 4.69) is 41.0 Å². The molecule has 1 N–H and O–H groups in total. The van der Waals surface area contributed by atoms with E-state index in [4.69, 9.17) is 4.42 Å². The highest BCUT2D eigenvalue weighted by Crippen LogP contribution is 2.14. The number of nitrogens with zero attached hydrogens (tertiary/aromatic N) is 3. The molecule has 0 aliphatic carbocycles. The Labute approximate surface area is 119 Å². The van der Waals surface area contributed by atoms with Gasteiger partial charge >= 0.3 is 0 Å². The minimum absolute atomic E-state index is 0.124. The van der Waals surface area contributed by atoms with Gasteiger partial charge in [-0.15, -0.1) is 0 Å². The first-order valence-electron chi connectivity index (χ1n) is 6.74. The summed E-state index contributed by atoms with van der Waals surface area (Å²) in [6.45, 7) is 12.3. The van der Waals surface area contributed by atoms with Crippen LogP contribution in [0.2, 0.25) is 0 Å². The van der Waals surface area contributed by atoms with Crippen molar-refractivity contribution in [2.24, 2.45) is 4.99 Å². The van der Waals surface area contributed by atoms with Gasteiger partial charge in [-0.1, -0.05) is 0 Å². The van der Waals surface area contributed by atoms with Gasteiger partial charge in [0.25, 0.3) is 5.55 Å². The van der Waals surface area contributed by atoms with Crippen molar-refractivity contribution in [2.75, 3.05) is 5.32 Å². The van der Waals surface area contributed by atoms with Crippen LogP contribution < -0.4 is 10.9 Å². The molecule has 0 aliphatic rings. The van der Waals surface area contributed by atoms with Gasteiger partial charge in [-0.25, -0.2) is 15.0 Å². The summed E-state index contributed by atoms with van der Waals surface area (Å²) in [5.41, 5.74) is 1.32. The van der Waals surface area contributed by atoms with Crippen molar-refractivity contribution in [3.05, 3.63) is 23.9 Å². The molecule has 5 heteroatoms. The topological polar surface area (TPSA) is 63.3 Å². The van der Waals surface area contributed by atoms with Crippen LogP contribution in [0.5, 0.6) is 0 Å². The van der Waals surface area contributed by atoms with Crippen LogP contribution in [0.15, 0.2) is 27.7 Å². The predicted octanol–water partition coefficient (Wildman–Crippen LogP) is 3.13. The Balaban J connectivity index is 2.68. The van der Waals surface area contributed by atoms with E-state index in [1.807, 2.05) is 32.9 Å². The Morgan fingerprint density at radius 1 is 1.15 bits per heavy atom. The number of rotatable bonds is 1. The molecule has 0 fully saturated rings. The Bertz CT molecular complexity index is 675. The minimum atomic E-state index is -0.248. The van der Waals surface area contributed by atoms with Gasteiger partial charge in [0.2, 0.25) is 5.71 Å². The summed E-state index contributed by atoms with van der Waals surface area (Å²) in [6, 6.07) is 3.72. The molecule has 0 saturated carbocycles. The number of pyridine rings is 1. The fourth-order valence-corrected chi connectivity index (χ4v) is 1.67.